The maximum Gasteiger partial charge on any atom is 0.330 e. The molecular formula is C13H14FN3O2. The van der Waals surface area contributed by atoms with Crippen molar-refractivity contribution in [3.05, 3.63) is 63.2 Å². The summed E-state index contributed by atoms with van der Waals surface area (Å²) < 4.78 is 15.8. The van der Waals surface area contributed by atoms with Crippen molar-refractivity contribution in [3.63, 3.8) is 0 Å². The molecule has 100 valence electrons. The second-order valence-electron chi connectivity index (χ2n) is 4.11. The molecule has 0 aliphatic carbocycles. The van der Waals surface area contributed by atoms with Crippen LogP contribution >= 0.6 is 0 Å². The van der Waals surface area contributed by atoms with Crippen molar-refractivity contribution in [3.8, 4) is 0 Å². The lowest BCUT2D eigenvalue weighted by Gasteiger charge is -2.09. The Morgan fingerprint density at radius 3 is 2.68 bits per heavy atom. The van der Waals surface area contributed by atoms with Gasteiger partial charge in [-0.25, -0.2) is 9.18 Å². The number of aromatic nitrogens is 2. The number of benzene rings is 1. The van der Waals surface area contributed by atoms with Gasteiger partial charge in [-0.2, -0.15) is 0 Å². The molecule has 0 saturated heterocycles. The molecule has 19 heavy (non-hydrogen) atoms. The van der Waals surface area contributed by atoms with E-state index in [9.17, 15) is 14.0 Å². The van der Waals surface area contributed by atoms with Crippen LogP contribution in [0, 0.1) is 5.82 Å². The van der Waals surface area contributed by atoms with Gasteiger partial charge in [-0.15, -0.1) is 0 Å². The van der Waals surface area contributed by atoms with Gasteiger partial charge in [0, 0.05) is 32.4 Å². The number of hydrogen-bond donors (Lipinski definition) is 1. The van der Waals surface area contributed by atoms with E-state index < -0.39 is 0 Å². The van der Waals surface area contributed by atoms with Crippen molar-refractivity contribution in [1.82, 2.24) is 9.13 Å². The SMILES string of the molecule is Cn1ccc(=O)n(CCNc2ccccc2F)c1=O. The van der Waals surface area contributed by atoms with Crippen LogP contribution in [0.25, 0.3) is 0 Å². The predicted molar refractivity (Wildman–Crippen MR) is 70.8 cm³/mol. The maximum atomic E-state index is 13.3. The Balaban J connectivity index is 2.09. The Bertz CT molecular complexity index is 691. The average Bonchev–Trinajstić information content (AvgIpc) is 2.40. The van der Waals surface area contributed by atoms with E-state index in [1.54, 1.807) is 25.2 Å². The number of rotatable bonds is 4. The highest BCUT2D eigenvalue weighted by atomic mass is 19.1. The molecule has 6 heteroatoms. The molecule has 1 heterocycles. The van der Waals surface area contributed by atoms with Crippen LogP contribution in [0.5, 0.6) is 0 Å². The van der Waals surface area contributed by atoms with Gasteiger partial charge in [0.25, 0.3) is 5.56 Å². The molecular weight excluding hydrogens is 249 g/mol. The Kier molecular flexibility index (Phi) is 3.79. The summed E-state index contributed by atoms with van der Waals surface area (Å²) in [5.41, 5.74) is -0.399. The second kappa shape index (κ2) is 5.51. The fourth-order valence-electron chi connectivity index (χ4n) is 1.73. The smallest absolute Gasteiger partial charge is 0.330 e. The zero-order valence-corrected chi connectivity index (χ0v) is 10.5. The molecule has 0 aliphatic heterocycles. The number of aryl methyl sites for hydroxylation is 1. The zero-order valence-electron chi connectivity index (χ0n) is 10.5. The minimum absolute atomic E-state index is 0.181. The lowest BCUT2D eigenvalue weighted by Crippen LogP contribution is -2.39. The minimum atomic E-state index is -0.386. The first-order valence-electron chi connectivity index (χ1n) is 5.84. The highest BCUT2D eigenvalue weighted by Crippen LogP contribution is 2.11. The third kappa shape index (κ3) is 2.90. The quantitative estimate of drug-likeness (QED) is 0.887. The first-order chi connectivity index (χ1) is 9.09. The molecule has 2 rings (SSSR count). The zero-order chi connectivity index (χ0) is 13.8. The van der Waals surface area contributed by atoms with Crippen molar-refractivity contribution < 1.29 is 4.39 Å². The van der Waals surface area contributed by atoms with Crippen molar-refractivity contribution in [1.29, 1.82) is 0 Å². The monoisotopic (exact) mass is 263 g/mol. The summed E-state index contributed by atoms with van der Waals surface area (Å²) in [6.07, 6.45) is 1.42. The summed E-state index contributed by atoms with van der Waals surface area (Å²) in [4.78, 5) is 23.3. The lowest BCUT2D eigenvalue weighted by atomic mass is 10.3. The Labute approximate surface area is 108 Å². The number of nitrogens with one attached hydrogen (secondary N) is 1. The van der Waals surface area contributed by atoms with Crippen molar-refractivity contribution in [2.75, 3.05) is 11.9 Å². The van der Waals surface area contributed by atoms with Gasteiger partial charge in [0.1, 0.15) is 5.82 Å². The third-order valence-electron chi connectivity index (χ3n) is 2.76. The van der Waals surface area contributed by atoms with E-state index in [0.717, 1.165) is 4.57 Å². The molecule has 0 unspecified atom stereocenters. The van der Waals surface area contributed by atoms with Gasteiger partial charge >= 0.3 is 5.69 Å². The van der Waals surface area contributed by atoms with Crippen molar-refractivity contribution in [2.45, 2.75) is 6.54 Å². The second-order valence-corrected chi connectivity index (χ2v) is 4.11. The molecule has 0 aliphatic rings. The van der Waals surface area contributed by atoms with Gasteiger partial charge < -0.3 is 9.88 Å². The normalized spacial score (nSPS) is 10.4. The fourth-order valence-corrected chi connectivity index (χ4v) is 1.73. The average molecular weight is 263 g/mol. The Hall–Kier alpha value is -2.37. The summed E-state index contributed by atoms with van der Waals surface area (Å²) in [5, 5.41) is 2.85. The Morgan fingerprint density at radius 2 is 1.95 bits per heavy atom. The molecule has 0 amide bonds. The predicted octanol–water partition coefficient (Wildman–Crippen LogP) is 0.798. The van der Waals surface area contributed by atoms with Crippen LogP contribution < -0.4 is 16.6 Å². The van der Waals surface area contributed by atoms with Crippen LogP contribution in [-0.2, 0) is 13.6 Å². The molecule has 0 saturated carbocycles. The highest BCUT2D eigenvalue weighted by molar-refractivity contribution is 5.44. The minimum Gasteiger partial charge on any atom is -0.381 e. The van der Waals surface area contributed by atoms with Crippen molar-refractivity contribution >= 4 is 5.69 Å². The van der Waals surface area contributed by atoms with Gasteiger partial charge in [-0.3, -0.25) is 9.36 Å². The molecule has 0 atom stereocenters. The van der Waals surface area contributed by atoms with Gasteiger partial charge in [0.05, 0.1) is 5.69 Å². The topological polar surface area (TPSA) is 56.0 Å². The summed E-state index contributed by atoms with van der Waals surface area (Å²) in [7, 11) is 1.57. The summed E-state index contributed by atoms with van der Waals surface area (Å²) in [6.45, 7) is 0.473. The standard InChI is InChI=1S/C13H14FN3O2/c1-16-8-6-12(18)17(13(16)19)9-7-15-11-5-3-2-4-10(11)14/h2-6,8,15H,7,9H2,1H3. The third-order valence-corrected chi connectivity index (χ3v) is 2.76. The van der Waals surface area contributed by atoms with Crippen LogP contribution in [0.3, 0.4) is 0 Å². The van der Waals surface area contributed by atoms with E-state index in [1.807, 2.05) is 0 Å². The van der Waals surface area contributed by atoms with E-state index in [4.69, 9.17) is 0 Å². The van der Waals surface area contributed by atoms with Gasteiger partial charge in [0.15, 0.2) is 0 Å². The van der Waals surface area contributed by atoms with E-state index in [2.05, 4.69) is 5.32 Å². The van der Waals surface area contributed by atoms with E-state index in [-0.39, 0.29) is 23.6 Å². The Morgan fingerprint density at radius 1 is 1.21 bits per heavy atom. The largest absolute Gasteiger partial charge is 0.381 e. The van der Waals surface area contributed by atoms with Gasteiger partial charge in [-0.1, -0.05) is 12.1 Å². The molecule has 0 spiro atoms. The first-order valence-corrected chi connectivity index (χ1v) is 5.84. The summed E-state index contributed by atoms with van der Waals surface area (Å²) in [6, 6.07) is 7.57. The molecule has 0 fully saturated rings. The van der Waals surface area contributed by atoms with E-state index in [1.165, 1.54) is 22.9 Å². The molecule has 0 radical (unpaired) electrons. The van der Waals surface area contributed by atoms with Crippen LogP contribution in [-0.4, -0.2) is 15.7 Å². The molecule has 2 aromatic rings. The van der Waals surface area contributed by atoms with Crippen LogP contribution in [0.15, 0.2) is 46.1 Å². The number of anilines is 1. The number of hydrogen-bond acceptors (Lipinski definition) is 3. The lowest BCUT2D eigenvalue weighted by molar-refractivity contribution is 0.601. The first kappa shape index (κ1) is 13.1. The summed E-state index contributed by atoms with van der Waals surface area (Å²) in [5.74, 6) is -0.365. The molecule has 1 aromatic heterocycles. The molecule has 0 bridgehead atoms. The van der Waals surface area contributed by atoms with E-state index in [0.29, 0.717) is 12.2 Å². The van der Waals surface area contributed by atoms with Crippen LogP contribution in [0.2, 0.25) is 0 Å². The summed E-state index contributed by atoms with van der Waals surface area (Å²) >= 11 is 0. The number of nitrogens with zero attached hydrogens (tertiary/aromatic N) is 2. The van der Waals surface area contributed by atoms with Gasteiger partial charge in [-0.05, 0) is 12.1 Å². The van der Waals surface area contributed by atoms with Crippen molar-refractivity contribution in [2.24, 2.45) is 7.05 Å². The van der Waals surface area contributed by atoms with Crippen LogP contribution in [0.4, 0.5) is 10.1 Å². The fraction of sp³-hybridized carbons (Fsp3) is 0.231. The van der Waals surface area contributed by atoms with E-state index >= 15 is 0 Å². The highest BCUT2D eigenvalue weighted by Gasteiger charge is 2.03. The molecule has 5 nitrogen and oxygen atoms in total. The number of halogens is 1. The maximum absolute atomic E-state index is 13.3. The van der Waals surface area contributed by atoms with Gasteiger partial charge in [0.2, 0.25) is 0 Å². The van der Waals surface area contributed by atoms with Crippen LogP contribution in [0.1, 0.15) is 0 Å². The number of para-hydroxylation sites is 1. The molecule has 1 N–H and O–H groups in total. The molecule has 1 aromatic carbocycles.